The van der Waals surface area contributed by atoms with Gasteiger partial charge in [-0.3, -0.25) is 5.84 Å². The van der Waals surface area contributed by atoms with Crippen LogP contribution in [0.15, 0.2) is 12.8 Å². The van der Waals surface area contributed by atoms with E-state index >= 15 is 0 Å². The van der Waals surface area contributed by atoms with E-state index in [0.29, 0.717) is 0 Å². The van der Waals surface area contributed by atoms with Crippen LogP contribution in [-0.2, 0) is 0 Å². The molecule has 0 spiro atoms. The second kappa shape index (κ2) is 14.0. The van der Waals surface area contributed by atoms with Crippen LogP contribution >= 0.6 is 0 Å². The zero-order valence-corrected chi connectivity index (χ0v) is 9.13. The minimum Gasteiger partial charge on any atom is -0.405 e. The van der Waals surface area contributed by atoms with Gasteiger partial charge in [0.1, 0.15) is 0 Å². The largest absolute Gasteiger partial charge is 0.405 e. The van der Waals surface area contributed by atoms with Crippen LogP contribution in [0, 0.1) is 0 Å². The van der Waals surface area contributed by atoms with Crippen LogP contribution in [0.1, 0.15) is 39.5 Å². The van der Waals surface area contributed by atoms with Crippen LogP contribution < -0.4 is 11.6 Å². The Morgan fingerprint density at radius 2 is 1.46 bits per heavy atom. The summed E-state index contributed by atoms with van der Waals surface area (Å²) in [7, 11) is 0. The number of nitrogens with zero attached hydrogens (tertiary/aromatic N) is 1. The van der Waals surface area contributed by atoms with Gasteiger partial charge in [0.2, 0.25) is 0 Å². The molecule has 3 heteroatoms. The van der Waals surface area contributed by atoms with E-state index in [-0.39, 0.29) is 0 Å². The van der Waals surface area contributed by atoms with Crippen molar-refractivity contribution in [2.45, 2.75) is 39.5 Å². The molecule has 0 saturated heterocycles. The van der Waals surface area contributed by atoms with Gasteiger partial charge < -0.3 is 5.73 Å². The van der Waals surface area contributed by atoms with Gasteiger partial charge in [0, 0.05) is 13.1 Å². The number of nitrogens with two attached hydrogens (primary N) is 2. The first-order valence-electron chi connectivity index (χ1n) is 5.05. The van der Waals surface area contributed by atoms with E-state index in [9.17, 15) is 0 Å². The van der Waals surface area contributed by atoms with Crippen LogP contribution in [0.2, 0.25) is 0 Å². The molecular weight excluding hydrogens is 162 g/mol. The Morgan fingerprint density at radius 3 is 1.69 bits per heavy atom. The minimum atomic E-state index is 1.05. The number of hydrogen-bond acceptors (Lipinski definition) is 3. The molecular formula is C10H25N3. The monoisotopic (exact) mass is 187 g/mol. The number of hydrazine groups is 1. The SMILES string of the molecule is C=CN.CCCCN(N)CCCC. The summed E-state index contributed by atoms with van der Waals surface area (Å²) in [5, 5.41) is 1.92. The summed E-state index contributed by atoms with van der Waals surface area (Å²) in [6.07, 6.45) is 6.17. The van der Waals surface area contributed by atoms with E-state index < -0.39 is 0 Å². The molecule has 0 aromatic carbocycles. The van der Waals surface area contributed by atoms with Crippen molar-refractivity contribution in [3.63, 3.8) is 0 Å². The highest BCUT2D eigenvalue weighted by Gasteiger charge is 1.94. The van der Waals surface area contributed by atoms with E-state index in [1.165, 1.54) is 31.9 Å². The standard InChI is InChI=1S/C8H20N2.C2H5N/c1-3-5-7-10(9)8-6-4-2;1-2-3/h3-9H2,1-2H3;2H,1,3H2. The maximum absolute atomic E-state index is 5.68. The number of rotatable bonds is 6. The van der Waals surface area contributed by atoms with Crippen LogP contribution in [-0.4, -0.2) is 18.1 Å². The topological polar surface area (TPSA) is 55.3 Å². The Labute approximate surface area is 82.7 Å². The number of hydrogen-bond donors (Lipinski definition) is 2. The molecule has 0 rings (SSSR count). The van der Waals surface area contributed by atoms with Crippen LogP contribution in [0.3, 0.4) is 0 Å². The molecule has 0 aliphatic carbocycles. The Balaban J connectivity index is 0. The second-order valence-electron chi connectivity index (χ2n) is 2.98. The van der Waals surface area contributed by atoms with Gasteiger partial charge in [-0.15, -0.1) is 0 Å². The van der Waals surface area contributed by atoms with Crippen molar-refractivity contribution in [1.29, 1.82) is 0 Å². The van der Waals surface area contributed by atoms with E-state index in [2.05, 4.69) is 26.2 Å². The summed E-state index contributed by atoms with van der Waals surface area (Å²) < 4.78 is 0. The third-order valence-corrected chi connectivity index (χ3v) is 1.60. The first kappa shape index (κ1) is 15.0. The molecule has 0 fully saturated rings. The summed E-state index contributed by atoms with van der Waals surface area (Å²) in [4.78, 5) is 0. The van der Waals surface area contributed by atoms with Gasteiger partial charge in [-0.1, -0.05) is 33.3 Å². The maximum atomic E-state index is 5.68. The van der Waals surface area contributed by atoms with Crippen LogP contribution in [0.5, 0.6) is 0 Å². The summed E-state index contributed by atoms with van der Waals surface area (Å²) in [6.45, 7) is 9.62. The molecule has 80 valence electrons. The van der Waals surface area contributed by atoms with Crippen molar-refractivity contribution in [3.8, 4) is 0 Å². The van der Waals surface area contributed by atoms with Crippen molar-refractivity contribution < 1.29 is 0 Å². The van der Waals surface area contributed by atoms with Crippen LogP contribution in [0.25, 0.3) is 0 Å². The lowest BCUT2D eigenvalue weighted by Gasteiger charge is -2.14. The molecule has 4 N–H and O–H groups in total. The fourth-order valence-corrected chi connectivity index (χ4v) is 0.834. The Kier molecular flexibility index (Phi) is 16.1. The molecule has 0 amide bonds. The van der Waals surface area contributed by atoms with Gasteiger partial charge in [-0.2, -0.15) is 0 Å². The highest BCUT2D eigenvalue weighted by atomic mass is 15.4. The quantitative estimate of drug-likeness (QED) is 0.493. The van der Waals surface area contributed by atoms with Gasteiger partial charge in [0.25, 0.3) is 0 Å². The minimum absolute atomic E-state index is 1.05. The molecule has 3 nitrogen and oxygen atoms in total. The van der Waals surface area contributed by atoms with E-state index in [4.69, 9.17) is 5.84 Å². The fraction of sp³-hybridized carbons (Fsp3) is 0.800. The van der Waals surface area contributed by atoms with Crippen LogP contribution in [0.4, 0.5) is 0 Å². The van der Waals surface area contributed by atoms with Gasteiger partial charge >= 0.3 is 0 Å². The van der Waals surface area contributed by atoms with E-state index in [0.717, 1.165) is 13.1 Å². The fourth-order valence-electron chi connectivity index (χ4n) is 0.834. The molecule has 0 aliphatic heterocycles. The van der Waals surface area contributed by atoms with Crippen molar-refractivity contribution in [1.82, 2.24) is 5.01 Å². The molecule has 13 heavy (non-hydrogen) atoms. The van der Waals surface area contributed by atoms with Crippen molar-refractivity contribution in [2.75, 3.05) is 13.1 Å². The van der Waals surface area contributed by atoms with E-state index in [1.807, 2.05) is 5.01 Å². The van der Waals surface area contributed by atoms with Gasteiger partial charge in [-0.05, 0) is 19.0 Å². The molecule has 0 aromatic heterocycles. The lowest BCUT2D eigenvalue weighted by atomic mass is 10.3. The van der Waals surface area contributed by atoms with Crippen molar-refractivity contribution >= 4 is 0 Å². The Morgan fingerprint density at radius 1 is 1.15 bits per heavy atom. The van der Waals surface area contributed by atoms with Gasteiger partial charge in [0.15, 0.2) is 0 Å². The van der Waals surface area contributed by atoms with Crippen molar-refractivity contribution in [2.24, 2.45) is 11.6 Å². The first-order valence-corrected chi connectivity index (χ1v) is 5.05. The first-order chi connectivity index (χ1) is 6.22. The third-order valence-electron chi connectivity index (χ3n) is 1.60. The average molecular weight is 187 g/mol. The Hall–Kier alpha value is -0.540. The maximum Gasteiger partial charge on any atom is 0.0128 e. The average Bonchev–Trinajstić information content (AvgIpc) is 2.12. The summed E-state index contributed by atoms with van der Waals surface area (Å²) in [5.74, 6) is 5.68. The smallest absolute Gasteiger partial charge is 0.0128 e. The normalized spacial score (nSPS) is 9.23. The van der Waals surface area contributed by atoms with E-state index in [1.54, 1.807) is 0 Å². The molecule has 0 atom stereocenters. The zero-order chi connectivity index (χ0) is 10.5. The summed E-state index contributed by atoms with van der Waals surface area (Å²) in [5.41, 5.74) is 4.61. The summed E-state index contributed by atoms with van der Waals surface area (Å²) >= 11 is 0. The third kappa shape index (κ3) is 18.4. The molecule has 0 heterocycles. The lowest BCUT2D eigenvalue weighted by molar-refractivity contribution is 0.274. The van der Waals surface area contributed by atoms with Gasteiger partial charge in [0.05, 0.1) is 0 Å². The molecule has 0 bridgehead atoms. The zero-order valence-electron chi connectivity index (χ0n) is 9.13. The highest BCUT2D eigenvalue weighted by Crippen LogP contribution is 1.92. The molecule has 0 unspecified atom stereocenters. The predicted molar refractivity (Wildman–Crippen MR) is 60.0 cm³/mol. The Bertz CT molecular complexity index is 86.2. The molecule has 0 aliphatic rings. The predicted octanol–water partition coefficient (Wildman–Crippen LogP) is 1.85. The summed E-state index contributed by atoms with van der Waals surface area (Å²) in [6, 6.07) is 0. The second-order valence-corrected chi connectivity index (χ2v) is 2.98. The van der Waals surface area contributed by atoms with Crippen molar-refractivity contribution in [3.05, 3.63) is 12.8 Å². The highest BCUT2D eigenvalue weighted by molar-refractivity contribution is 4.48. The molecule has 0 saturated carbocycles. The van der Waals surface area contributed by atoms with Gasteiger partial charge in [-0.25, -0.2) is 5.01 Å². The number of unbranched alkanes of at least 4 members (excludes halogenated alkanes) is 2. The lowest BCUT2D eigenvalue weighted by Crippen LogP contribution is -2.32. The molecule has 0 aromatic rings. The molecule has 0 radical (unpaired) electrons.